The first-order valence-electron chi connectivity index (χ1n) is 7.43. The third-order valence-electron chi connectivity index (χ3n) is 4.22. The zero-order valence-corrected chi connectivity index (χ0v) is 13.1. The van der Waals surface area contributed by atoms with E-state index >= 15 is 0 Å². The summed E-state index contributed by atoms with van der Waals surface area (Å²) in [7, 11) is 1.72. The first-order chi connectivity index (χ1) is 10.6. The molecule has 0 aliphatic carbocycles. The first-order valence-corrected chi connectivity index (χ1v) is 7.43. The number of hydrogen-bond donors (Lipinski definition) is 0. The molecule has 2 heterocycles. The van der Waals surface area contributed by atoms with Crippen LogP contribution in [-0.4, -0.2) is 14.5 Å². The topological polar surface area (TPSA) is 47.8 Å². The molecule has 0 amide bonds. The molecule has 0 saturated carbocycles. The van der Waals surface area contributed by atoms with Gasteiger partial charge in [0.1, 0.15) is 0 Å². The van der Waals surface area contributed by atoms with Crippen LogP contribution >= 0.6 is 0 Å². The molecule has 0 aliphatic heterocycles. The highest BCUT2D eigenvalue weighted by atomic mass is 16.1. The van der Waals surface area contributed by atoms with Crippen LogP contribution in [0.15, 0.2) is 41.5 Å². The normalized spacial score (nSPS) is 11.0. The number of benzene rings is 1. The molecule has 0 aliphatic rings. The minimum atomic E-state index is -0.0345. The van der Waals surface area contributed by atoms with Crippen molar-refractivity contribution in [3.63, 3.8) is 0 Å². The fourth-order valence-corrected chi connectivity index (χ4v) is 2.71. The second-order valence-corrected chi connectivity index (χ2v) is 5.65. The van der Waals surface area contributed by atoms with E-state index in [9.17, 15) is 4.79 Å². The van der Waals surface area contributed by atoms with Crippen LogP contribution < -0.4 is 5.56 Å². The van der Waals surface area contributed by atoms with Crippen molar-refractivity contribution in [1.29, 1.82) is 0 Å². The predicted molar refractivity (Wildman–Crippen MR) is 88.1 cm³/mol. The molecule has 0 N–H and O–H groups in total. The Kier molecular flexibility index (Phi) is 3.75. The first kappa shape index (κ1) is 14.4. The lowest BCUT2D eigenvalue weighted by Gasteiger charge is -2.11. The Labute approximate surface area is 129 Å². The number of rotatable bonds is 3. The standard InChI is InChI=1S/C18H19N3O/c1-12-13(2)16-17(19-11-21(3)18(16)22)20-15(12)10-9-14-7-5-4-6-8-14/h4-8,11H,9-10H2,1-3H3. The van der Waals surface area contributed by atoms with Gasteiger partial charge in [0.2, 0.25) is 0 Å². The van der Waals surface area contributed by atoms with E-state index < -0.39 is 0 Å². The lowest BCUT2D eigenvalue weighted by atomic mass is 10.0. The molecule has 0 saturated heterocycles. The average molecular weight is 293 g/mol. The molecule has 4 nitrogen and oxygen atoms in total. The lowest BCUT2D eigenvalue weighted by molar-refractivity contribution is 0.832. The van der Waals surface area contributed by atoms with Crippen LogP contribution in [0.1, 0.15) is 22.4 Å². The molecule has 0 radical (unpaired) electrons. The Morgan fingerprint density at radius 1 is 1.05 bits per heavy atom. The van der Waals surface area contributed by atoms with Gasteiger partial charge in [-0.25, -0.2) is 9.97 Å². The highest BCUT2D eigenvalue weighted by Crippen LogP contribution is 2.19. The zero-order valence-electron chi connectivity index (χ0n) is 13.1. The maximum absolute atomic E-state index is 12.3. The Bertz CT molecular complexity index is 882. The molecule has 0 spiro atoms. The summed E-state index contributed by atoms with van der Waals surface area (Å²) in [5.74, 6) is 0. The van der Waals surface area contributed by atoms with Crippen LogP contribution in [0.4, 0.5) is 0 Å². The van der Waals surface area contributed by atoms with Crippen LogP contribution in [0, 0.1) is 13.8 Å². The molecule has 22 heavy (non-hydrogen) atoms. The van der Waals surface area contributed by atoms with Crippen LogP contribution in [-0.2, 0) is 19.9 Å². The molecule has 4 heteroatoms. The van der Waals surface area contributed by atoms with Crippen molar-refractivity contribution in [3.05, 3.63) is 69.4 Å². The van der Waals surface area contributed by atoms with Gasteiger partial charge in [-0.3, -0.25) is 4.79 Å². The predicted octanol–water partition coefficient (Wildman–Crippen LogP) is 2.73. The number of pyridine rings is 1. The summed E-state index contributed by atoms with van der Waals surface area (Å²) in [5.41, 5.74) is 4.91. The van der Waals surface area contributed by atoms with E-state index in [0.29, 0.717) is 11.0 Å². The van der Waals surface area contributed by atoms with Gasteiger partial charge in [-0.1, -0.05) is 30.3 Å². The van der Waals surface area contributed by atoms with Gasteiger partial charge in [-0.2, -0.15) is 0 Å². The van der Waals surface area contributed by atoms with E-state index in [1.54, 1.807) is 7.05 Å². The lowest BCUT2D eigenvalue weighted by Crippen LogP contribution is -2.19. The van der Waals surface area contributed by atoms with Crippen LogP contribution in [0.2, 0.25) is 0 Å². The van der Waals surface area contributed by atoms with Crippen molar-refractivity contribution in [2.45, 2.75) is 26.7 Å². The van der Waals surface area contributed by atoms with Gasteiger partial charge in [-0.05, 0) is 43.4 Å². The Morgan fingerprint density at radius 3 is 2.50 bits per heavy atom. The second-order valence-electron chi connectivity index (χ2n) is 5.65. The van der Waals surface area contributed by atoms with E-state index in [2.05, 4.69) is 22.1 Å². The molecule has 0 fully saturated rings. The second kappa shape index (κ2) is 5.72. The molecule has 0 bridgehead atoms. The Balaban J connectivity index is 2.03. The largest absolute Gasteiger partial charge is 0.302 e. The van der Waals surface area contributed by atoms with E-state index in [-0.39, 0.29) is 5.56 Å². The van der Waals surface area contributed by atoms with Gasteiger partial charge in [-0.15, -0.1) is 0 Å². The third kappa shape index (κ3) is 2.52. The van der Waals surface area contributed by atoms with E-state index in [0.717, 1.165) is 29.7 Å². The molecule has 2 aromatic heterocycles. The van der Waals surface area contributed by atoms with Gasteiger partial charge in [0, 0.05) is 12.7 Å². The third-order valence-corrected chi connectivity index (χ3v) is 4.22. The number of aromatic nitrogens is 3. The van der Waals surface area contributed by atoms with Crippen LogP contribution in [0.25, 0.3) is 11.0 Å². The van der Waals surface area contributed by atoms with Gasteiger partial charge >= 0.3 is 0 Å². The maximum Gasteiger partial charge on any atom is 0.262 e. The fourth-order valence-electron chi connectivity index (χ4n) is 2.71. The van der Waals surface area contributed by atoms with Crippen molar-refractivity contribution in [2.75, 3.05) is 0 Å². The molecule has 112 valence electrons. The Morgan fingerprint density at radius 2 is 1.77 bits per heavy atom. The highest BCUT2D eigenvalue weighted by Gasteiger charge is 2.13. The van der Waals surface area contributed by atoms with Crippen LogP contribution in [0.5, 0.6) is 0 Å². The van der Waals surface area contributed by atoms with E-state index in [1.807, 2.05) is 32.0 Å². The summed E-state index contributed by atoms with van der Waals surface area (Å²) in [6.07, 6.45) is 3.32. The number of hydrogen-bond acceptors (Lipinski definition) is 3. The number of nitrogens with zero attached hydrogens (tertiary/aromatic N) is 3. The maximum atomic E-state index is 12.3. The minimum Gasteiger partial charge on any atom is -0.302 e. The van der Waals surface area contributed by atoms with Crippen molar-refractivity contribution in [1.82, 2.24) is 14.5 Å². The highest BCUT2D eigenvalue weighted by molar-refractivity contribution is 5.79. The van der Waals surface area contributed by atoms with E-state index in [4.69, 9.17) is 0 Å². The van der Waals surface area contributed by atoms with Crippen molar-refractivity contribution in [2.24, 2.45) is 7.05 Å². The van der Waals surface area contributed by atoms with Gasteiger partial charge in [0.15, 0.2) is 5.65 Å². The SMILES string of the molecule is Cc1c(CCc2ccccc2)nc2ncn(C)c(=O)c2c1C. The molecular weight excluding hydrogens is 274 g/mol. The Hall–Kier alpha value is -2.49. The van der Waals surface area contributed by atoms with Crippen molar-refractivity contribution >= 4 is 11.0 Å². The quantitative estimate of drug-likeness (QED) is 0.746. The molecule has 1 aromatic carbocycles. The smallest absolute Gasteiger partial charge is 0.262 e. The van der Waals surface area contributed by atoms with Crippen LogP contribution in [0.3, 0.4) is 0 Å². The average Bonchev–Trinajstić information content (AvgIpc) is 2.54. The summed E-state index contributed by atoms with van der Waals surface area (Å²) in [5, 5.41) is 0.631. The van der Waals surface area contributed by atoms with Gasteiger partial charge < -0.3 is 4.57 Å². The van der Waals surface area contributed by atoms with E-state index in [1.165, 1.54) is 16.5 Å². The summed E-state index contributed by atoms with van der Waals surface area (Å²) in [6, 6.07) is 10.4. The molecule has 0 atom stereocenters. The summed E-state index contributed by atoms with van der Waals surface area (Å²) in [4.78, 5) is 21.2. The molecule has 3 rings (SSSR count). The summed E-state index contributed by atoms with van der Waals surface area (Å²) in [6.45, 7) is 4.02. The minimum absolute atomic E-state index is 0.0345. The molecular formula is C18H19N3O. The van der Waals surface area contributed by atoms with Gasteiger partial charge in [0.25, 0.3) is 5.56 Å². The number of fused-ring (bicyclic) bond motifs is 1. The fraction of sp³-hybridized carbons (Fsp3) is 0.278. The monoisotopic (exact) mass is 293 g/mol. The van der Waals surface area contributed by atoms with Crippen molar-refractivity contribution in [3.8, 4) is 0 Å². The summed E-state index contributed by atoms with van der Waals surface area (Å²) >= 11 is 0. The number of aryl methyl sites for hydroxylation is 4. The van der Waals surface area contributed by atoms with Crippen molar-refractivity contribution < 1.29 is 0 Å². The van der Waals surface area contributed by atoms with Gasteiger partial charge in [0.05, 0.1) is 11.7 Å². The molecule has 3 aromatic rings. The molecule has 0 unspecified atom stereocenters. The zero-order chi connectivity index (χ0) is 15.7. The summed E-state index contributed by atoms with van der Waals surface area (Å²) < 4.78 is 1.50.